The van der Waals surface area contributed by atoms with Gasteiger partial charge in [0, 0.05) is 18.6 Å². The monoisotopic (exact) mass is 108 g/mol. The molecule has 0 saturated carbocycles. The molecule has 1 heterocycles. The lowest BCUT2D eigenvalue weighted by atomic mass is 10.3. The molecule has 42 valence electrons. The zero-order valence-corrected chi connectivity index (χ0v) is 4.83. The molecule has 1 aliphatic rings. The fourth-order valence-corrected chi connectivity index (χ4v) is 0.493. The molecule has 0 aliphatic carbocycles. The summed E-state index contributed by atoms with van der Waals surface area (Å²) in [6.07, 6.45) is 5.23. The smallest absolute Gasteiger partial charge is 0.0615 e. The molecule has 0 unspecified atom stereocenters. The van der Waals surface area contributed by atoms with E-state index < -0.39 is 0 Å². The molecule has 0 amide bonds. The number of hydrogen-bond acceptors (Lipinski definition) is 2. The second-order valence-electron chi connectivity index (χ2n) is 1.76. The Morgan fingerprint density at radius 2 is 2.38 bits per heavy atom. The molecule has 0 aromatic carbocycles. The zero-order valence-electron chi connectivity index (χ0n) is 4.83. The zero-order chi connectivity index (χ0) is 5.82. The largest absolute Gasteiger partial charge is 0.287 e. The van der Waals surface area contributed by atoms with Crippen molar-refractivity contribution in [2.75, 3.05) is 6.54 Å². The topological polar surface area (TPSA) is 24.7 Å². The van der Waals surface area contributed by atoms with Crippen LogP contribution in [0.15, 0.2) is 21.8 Å². The summed E-state index contributed by atoms with van der Waals surface area (Å²) in [5, 5.41) is 0. The molecule has 1 rings (SSSR count). The Labute approximate surface area is 48.7 Å². The Kier molecular flexibility index (Phi) is 1.57. The van der Waals surface area contributed by atoms with E-state index in [-0.39, 0.29) is 0 Å². The third-order valence-corrected chi connectivity index (χ3v) is 0.894. The first kappa shape index (κ1) is 5.22. The van der Waals surface area contributed by atoms with Gasteiger partial charge < -0.3 is 0 Å². The molecule has 0 aromatic heterocycles. The second kappa shape index (κ2) is 2.40. The fourth-order valence-electron chi connectivity index (χ4n) is 0.493. The van der Waals surface area contributed by atoms with Gasteiger partial charge in [-0.25, -0.2) is 0 Å². The average Bonchev–Trinajstić information content (AvgIpc) is 1.94. The van der Waals surface area contributed by atoms with Gasteiger partial charge in [-0.3, -0.25) is 9.98 Å². The maximum atomic E-state index is 4.01. The van der Waals surface area contributed by atoms with E-state index in [1.54, 1.807) is 12.4 Å². The van der Waals surface area contributed by atoms with Gasteiger partial charge in [0.2, 0.25) is 0 Å². The molecule has 2 nitrogen and oxygen atoms in total. The van der Waals surface area contributed by atoms with Crippen molar-refractivity contribution in [3.63, 3.8) is 0 Å². The van der Waals surface area contributed by atoms with Crippen LogP contribution in [0, 0.1) is 0 Å². The average molecular weight is 108 g/mol. The number of aliphatic imine (C=N–C) groups is 2. The third-order valence-electron chi connectivity index (χ3n) is 0.894. The molecule has 2 heteroatoms. The van der Waals surface area contributed by atoms with Crippen LogP contribution in [0.3, 0.4) is 0 Å². The summed E-state index contributed by atoms with van der Waals surface area (Å²) in [5.74, 6) is 0. The molecule has 0 N–H and O–H groups in total. The van der Waals surface area contributed by atoms with Crippen molar-refractivity contribution in [1.82, 2.24) is 0 Å². The highest BCUT2D eigenvalue weighted by molar-refractivity contribution is 6.16. The highest BCUT2D eigenvalue weighted by Crippen LogP contribution is 1.93. The Morgan fingerprint density at radius 1 is 1.50 bits per heavy atom. The molecular weight excluding hydrogens is 100 g/mol. The maximum Gasteiger partial charge on any atom is 0.0615 e. The summed E-state index contributed by atoms with van der Waals surface area (Å²) in [7, 11) is 0. The summed E-state index contributed by atoms with van der Waals surface area (Å²) < 4.78 is 0. The molecule has 0 spiro atoms. The number of nitrogens with zero attached hydrogens (tertiary/aromatic N) is 2. The minimum atomic E-state index is 0.792. The fraction of sp³-hybridized carbons (Fsp3) is 0.333. The third kappa shape index (κ3) is 1.30. The van der Waals surface area contributed by atoms with Crippen molar-refractivity contribution < 1.29 is 0 Å². The molecule has 0 aromatic rings. The first-order chi connectivity index (χ1) is 3.89. The van der Waals surface area contributed by atoms with E-state index in [1.165, 1.54) is 5.57 Å². The second-order valence-corrected chi connectivity index (χ2v) is 1.76. The summed E-state index contributed by atoms with van der Waals surface area (Å²) in [4.78, 5) is 7.92. The van der Waals surface area contributed by atoms with Crippen LogP contribution in [0.5, 0.6) is 0 Å². The van der Waals surface area contributed by atoms with Crippen molar-refractivity contribution in [2.45, 2.75) is 6.92 Å². The van der Waals surface area contributed by atoms with Gasteiger partial charge in [-0.05, 0) is 12.5 Å². The van der Waals surface area contributed by atoms with E-state index in [2.05, 4.69) is 9.98 Å². The summed E-state index contributed by atoms with van der Waals surface area (Å²) in [5.41, 5.74) is 1.20. The summed E-state index contributed by atoms with van der Waals surface area (Å²) >= 11 is 0. The van der Waals surface area contributed by atoms with Crippen LogP contribution in [0.2, 0.25) is 0 Å². The van der Waals surface area contributed by atoms with Gasteiger partial charge in [0.05, 0.1) is 6.54 Å². The first-order valence-corrected chi connectivity index (χ1v) is 2.57. The normalized spacial score (nSPS) is 17.9. The standard InChI is InChI=1S/C6H8N2/c1-6-4-7-2-3-8-5-6/h2-4H,5H2,1H3. The van der Waals surface area contributed by atoms with Crippen LogP contribution in [0.4, 0.5) is 0 Å². The van der Waals surface area contributed by atoms with Gasteiger partial charge in [0.1, 0.15) is 0 Å². The molecule has 0 bridgehead atoms. The lowest BCUT2D eigenvalue weighted by Crippen LogP contribution is -1.79. The minimum Gasteiger partial charge on any atom is -0.287 e. The molecule has 0 atom stereocenters. The van der Waals surface area contributed by atoms with Crippen molar-refractivity contribution in [2.24, 2.45) is 9.98 Å². The Morgan fingerprint density at radius 3 is 3.25 bits per heavy atom. The van der Waals surface area contributed by atoms with Crippen molar-refractivity contribution in [3.8, 4) is 0 Å². The van der Waals surface area contributed by atoms with E-state index in [0.29, 0.717) is 0 Å². The highest BCUT2D eigenvalue weighted by Gasteiger charge is 1.84. The predicted molar refractivity (Wildman–Crippen MR) is 35.6 cm³/mol. The van der Waals surface area contributed by atoms with Crippen LogP contribution < -0.4 is 0 Å². The predicted octanol–water partition coefficient (Wildman–Crippen LogP) is 1.05. The van der Waals surface area contributed by atoms with E-state index in [0.717, 1.165) is 6.54 Å². The van der Waals surface area contributed by atoms with Gasteiger partial charge in [0.25, 0.3) is 0 Å². The molecule has 1 aliphatic heterocycles. The number of hydrogen-bond donors (Lipinski definition) is 0. The molecule has 0 saturated heterocycles. The number of rotatable bonds is 0. The van der Waals surface area contributed by atoms with Crippen molar-refractivity contribution >= 4 is 12.4 Å². The molecule has 0 radical (unpaired) electrons. The van der Waals surface area contributed by atoms with Gasteiger partial charge in [-0.2, -0.15) is 0 Å². The molecule has 8 heavy (non-hydrogen) atoms. The van der Waals surface area contributed by atoms with Crippen LogP contribution in [0.25, 0.3) is 0 Å². The van der Waals surface area contributed by atoms with Crippen molar-refractivity contribution in [1.29, 1.82) is 0 Å². The van der Waals surface area contributed by atoms with Gasteiger partial charge >= 0.3 is 0 Å². The first-order valence-electron chi connectivity index (χ1n) is 2.57. The van der Waals surface area contributed by atoms with Crippen LogP contribution >= 0.6 is 0 Å². The van der Waals surface area contributed by atoms with E-state index in [9.17, 15) is 0 Å². The van der Waals surface area contributed by atoms with Crippen molar-refractivity contribution in [3.05, 3.63) is 11.8 Å². The molecular formula is C6H8N2. The lowest BCUT2D eigenvalue weighted by Gasteiger charge is -1.85. The Hall–Kier alpha value is -0.920. The van der Waals surface area contributed by atoms with Crippen LogP contribution in [0.1, 0.15) is 6.92 Å². The van der Waals surface area contributed by atoms with E-state index >= 15 is 0 Å². The molecule has 0 fully saturated rings. The van der Waals surface area contributed by atoms with Gasteiger partial charge in [0.15, 0.2) is 0 Å². The highest BCUT2D eigenvalue weighted by atomic mass is 14.8. The van der Waals surface area contributed by atoms with Crippen LogP contribution in [-0.2, 0) is 0 Å². The van der Waals surface area contributed by atoms with Gasteiger partial charge in [-0.15, -0.1) is 0 Å². The Bertz CT molecular complexity index is 154. The SMILES string of the molecule is CC1=CN=CC=NC1. The summed E-state index contributed by atoms with van der Waals surface area (Å²) in [6, 6.07) is 0. The van der Waals surface area contributed by atoms with Gasteiger partial charge in [-0.1, -0.05) is 0 Å². The Balaban J connectivity index is 2.69. The van der Waals surface area contributed by atoms with E-state index in [1.807, 2.05) is 13.1 Å². The van der Waals surface area contributed by atoms with E-state index in [4.69, 9.17) is 0 Å². The maximum absolute atomic E-state index is 4.01. The lowest BCUT2D eigenvalue weighted by molar-refractivity contribution is 1.14. The quantitative estimate of drug-likeness (QED) is 0.443. The summed E-state index contributed by atoms with van der Waals surface area (Å²) in [6.45, 7) is 2.81. The minimum absolute atomic E-state index is 0.792. The van der Waals surface area contributed by atoms with Crippen LogP contribution in [-0.4, -0.2) is 19.0 Å².